The van der Waals surface area contributed by atoms with E-state index in [-0.39, 0.29) is 6.61 Å². The van der Waals surface area contributed by atoms with E-state index in [1.54, 1.807) is 0 Å². The van der Waals surface area contributed by atoms with Crippen LogP contribution in [0.1, 0.15) is 167 Å². The van der Waals surface area contributed by atoms with Crippen molar-refractivity contribution < 1.29 is 10.2 Å². The zero-order chi connectivity index (χ0) is 23.5. The molecule has 0 fully saturated rings. The van der Waals surface area contributed by atoms with E-state index in [4.69, 9.17) is 10.8 Å². The first-order chi connectivity index (χ1) is 15.7. The van der Waals surface area contributed by atoms with Crippen LogP contribution in [-0.4, -0.2) is 29.0 Å². The van der Waals surface area contributed by atoms with Crippen molar-refractivity contribution in [1.82, 2.24) is 0 Å². The maximum atomic E-state index is 9.71. The lowest BCUT2D eigenvalue weighted by Crippen LogP contribution is -2.37. The van der Waals surface area contributed by atoms with Gasteiger partial charge in [-0.05, 0) is 6.42 Å². The summed E-state index contributed by atoms with van der Waals surface area (Å²) < 4.78 is 0. The number of nitrogens with two attached hydrogens (primary N) is 1. The molecule has 0 bridgehead atoms. The van der Waals surface area contributed by atoms with Gasteiger partial charge in [-0.25, -0.2) is 0 Å². The van der Waals surface area contributed by atoms with Crippen molar-refractivity contribution in [2.24, 2.45) is 5.73 Å². The zero-order valence-corrected chi connectivity index (χ0v) is 22.0. The molecule has 0 saturated carbocycles. The lowest BCUT2D eigenvalue weighted by molar-refractivity contribution is 0.0990. The minimum absolute atomic E-state index is 0.124. The van der Waals surface area contributed by atoms with Crippen molar-refractivity contribution in [3.8, 4) is 0 Å². The summed E-state index contributed by atoms with van der Waals surface area (Å²) in [5.74, 6) is 0. The first kappa shape index (κ1) is 31.9. The molecule has 3 nitrogen and oxygen atoms in total. The van der Waals surface area contributed by atoms with Gasteiger partial charge in [0.15, 0.2) is 0 Å². The van der Waals surface area contributed by atoms with E-state index in [0.717, 1.165) is 12.8 Å². The summed E-state index contributed by atoms with van der Waals surface area (Å²) in [7, 11) is 0. The molecular formula is C29H61NO2. The molecule has 0 aliphatic carbocycles. The van der Waals surface area contributed by atoms with Crippen LogP contribution in [0.15, 0.2) is 0 Å². The molecule has 0 aromatic heterocycles. The summed E-state index contributed by atoms with van der Waals surface area (Å²) in [6.07, 6.45) is 33.7. The van der Waals surface area contributed by atoms with Crippen LogP contribution in [0, 0.1) is 0 Å². The van der Waals surface area contributed by atoms with E-state index >= 15 is 0 Å². The van der Waals surface area contributed by atoms with Crippen LogP contribution in [0.25, 0.3) is 0 Å². The highest BCUT2D eigenvalue weighted by molar-refractivity contribution is 4.70. The molecule has 0 radical (unpaired) electrons. The summed E-state index contributed by atoms with van der Waals surface area (Å²) in [6, 6.07) is -0.473. The molecule has 4 N–H and O–H groups in total. The van der Waals surface area contributed by atoms with Crippen molar-refractivity contribution in [2.45, 2.75) is 180 Å². The number of hydrogen-bond donors (Lipinski definition) is 3. The van der Waals surface area contributed by atoms with E-state index in [1.165, 1.54) is 148 Å². The lowest BCUT2D eigenvalue weighted by Gasteiger charge is -2.15. The average Bonchev–Trinajstić information content (AvgIpc) is 2.81. The SMILES string of the molecule is CCCCCCCCCCCCCCCCCCCCCCCCCC[C@@H](O)[C@@H](N)CO. The number of hydrogen-bond acceptors (Lipinski definition) is 3. The standard InChI is InChI=1S/C29H61NO2/c1-2-3-4-5-6-7-8-9-10-11-12-13-14-15-16-17-18-19-20-21-22-23-24-25-26-29(32)28(30)27-31/h28-29,31-32H,2-27,30H2,1H3/t28-,29+/m0/s1. The van der Waals surface area contributed by atoms with Crippen molar-refractivity contribution in [2.75, 3.05) is 6.61 Å². The maximum Gasteiger partial charge on any atom is 0.0713 e. The van der Waals surface area contributed by atoms with Gasteiger partial charge in [-0.15, -0.1) is 0 Å². The molecule has 0 spiro atoms. The van der Waals surface area contributed by atoms with E-state index in [9.17, 15) is 5.11 Å². The van der Waals surface area contributed by atoms with Crippen LogP contribution >= 0.6 is 0 Å². The predicted octanol–water partition coefficient (Wildman–Crippen LogP) is 8.44. The smallest absolute Gasteiger partial charge is 0.0713 e. The molecule has 0 aliphatic heterocycles. The van der Waals surface area contributed by atoms with Gasteiger partial charge >= 0.3 is 0 Å². The first-order valence-corrected chi connectivity index (χ1v) is 14.8. The number of rotatable bonds is 27. The molecular weight excluding hydrogens is 394 g/mol. The molecule has 0 heterocycles. The summed E-state index contributed by atoms with van der Waals surface area (Å²) in [5, 5.41) is 18.6. The third-order valence-corrected chi connectivity index (χ3v) is 7.06. The minimum atomic E-state index is -0.542. The van der Waals surface area contributed by atoms with Crippen LogP contribution in [0.5, 0.6) is 0 Å². The normalized spacial score (nSPS) is 13.5. The van der Waals surface area contributed by atoms with Crippen molar-refractivity contribution in [3.05, 3.63) is 0 Å². The first-order valence-electron chi connectivity index (χ1n) is 14.8. The van der Waals surface area contributed by atoms with Crippen LogP contribution in [0.4, 0.5) is 0 Å². The average molecular weight is 456 g/mol. The Kier molecular flexibility index (Phi) is 27.0. The van der Waals surface area contributed by atoms with Gasteiger partial charge in [0.2, 0.25) is 0 Å². The van der Waals surface area contributed by atoms with E-state index in [2.05, 4.69) is 6.92 Å². The summed E-state index contributed by atoms with van der Waals surface area (Å²) in [6.45, 7) is 2.17. The van der Waals surface area contributed by atoms with Gasteiger partial charge in [-0.3, -0.25) is 0 Å². The molecule has 3 heteroatoms. The minimum Gasteiger partial charge on any atom is -0.395 e. The van der Waals surface area contributed by atoms with E-state index in [0.29, 0.717) is 0 Å². The number of aliphatic hydroxyl groups excluding tert-OH is 2. The van der Waals surface area contributed by atoms with Gasteiger partial charge in [0, 0.05) is 0 Å². The van der Waals surface area contributed by atoms with Gasteiger partial charge in [-0.2, -0.15) is 0 Å². The largest absolute Gasteiger partial charge is 0.395 e. The van der Waals surface area contributed by atoms with Gasteiger partial charge < -0.3 is 15.9 Å². The molecule has 0 aromatic rings. The quantitative estimate of drug-likeness (QED) is 0.109. The second-order valence-electron chi connectivity index (χ2n) is 10.3. The molecule has 0 rings (SSSR count). The fourth-order valence-corrected chi connectivity index (χ4v) is 4.65. The lowest BCUT2D eigenvalue weighted by atomic mass is 10.0. The predicted molar refractivity (Wildman–Crippen MR) is 142 cm³/mol. The highest BCUT2D eigenvalue weighted by Crippen LogP contribution is 2.16. The molecule has 194 valence electrons. The summed E-state index contributed by atoms with van der Waals surface area (Å²) in [5.41, 5.74) is 5.61. The molecule has 0 unspecified atom stereocenters. The maximum absolute atomic E-state index is 9.71. The second kappa shape index (κ2) is 27.1. The molecule has 32 heavy (non-hydrogen) atoms. The monoisotopic (exact) mass is 455 g/mol. The highest BCUT2D eigenvalue weighted by atomic mass is 16.3. The van der Waals surface area contributed by atoms with Crippen LogP contribution < -0.4 is 5.73 Å². The van der Waals surface area contributed by atoms with Crippen LogP contribution in [0.2, 0.25) is 0 Å². The van der Waals surface area contributed by atoms with Gasteiger partial charge in [0.25, 0.3) is 0 Å². The van der Waals surface area contributed by atoms with Gasteiger partial charge in [-0.1, -0.05) is 161 Å². The molecule has 0 aromatic carbocycles. The Morgan fingerprint density at radius 3 is 0.969 bits per heavy atom. The second-order valence-corrected chi connectivity index (χ2v) is 10.3. The van der Waals surface area contributed by atoms with E-state index in [1.807, 2.05) is 0 Å². The third-order valence-electron chi connectivity index (χ3n) is 7.06. The van der Waals surface area contributed by atoms with Crippen LogP contribution in [-0.2, 0) is 0 Å². The molecule has 0 aliphatic rings. The Balaban J connectivity index is 3.07. The fraction of sp³-hybridized carbons (Fsp3) is 1.00. The van der Waals surface area contributed by atoms with Crippen molar-refractivity contribution >= 4 is 0 Å². The Morgan fingerprint density at radius 1 is 0.469 bits per heavy atom. The Morgan fingerprint density at radius 2 is 0.719 bits per heavy atom. The van der Waals surface area contributed by atoms with Crippen molar-refractivity contribution in [1.29, 1.82) is 0 Å². The van der Waals surface area contributed by atoms with Crippen molar-refractivity contribution in [3.63, 3.8) is 0 Å². The summed E-state index contributed by atoms with van der Waals surface area (Å²) >= 11 is 0. The Hall–Kier alpha value is -0.120. The fourth-order valence-electron chi connectivity index (χ4n) is 4.65. The zero-order valence-electron chi connectivity index (χ0n) is 22.0. The summed E-state index contributed by atoms with van der Waals surface area (Å²) in [4.78, 5) is 0. The molecule has 0 saturated heterocycles. The number of aliphatic hydroxyl groups is 2. The van der Waals surface area contributed by atoms with E-state index < -0.39 is 12.1 Å². The molecule has 0 amide bonds. The van der Waals surface area contributed by atoms with Crippen LogP contribution in [0.3, 0.4) is 0 Å². The topological polar surface area (TPSA) is 66.5 Å². The van der Waals surface area contributed by atoms with Gasteiger partial charge in [0.1, 0.15) is 0 Å². The Bertz CT molecular complexity index is 337. The Labute approximate surface area is 202 Å². The van der Waals surface area contributed by atoms with Gasteiger partial charge in [0.05, 0.1) is 18.8 Å². The molecule has 2 atom stereocenters. The number of unbranched alkanes of at least 4 members (excludes halogenated alkanes) is 23. The highest BCUT2D eigenvalue weighted by Gasteiger charge is 2.12. The third kappa shape index (κ3) is 24.5.